The summed E-state index contributed by atoms with van der Waals surface area (Å²) >= 11 is 0. The maximum atomic E-state index is 13.3. The van der Waals surface area contributed by atoms with Crippen molar-refractivity contribution >= 4 is 17.5 Å². The minimum absolute atomic E-state index is 0.0559. The first-order valence-corrected chi connectivity index (χ1v) is 9.96. The molecule has 3 aromatic rings. The van der Waals surface area contributed by atoms with Crippen molar-refractivity contribution in [2.45, 2.75) is 19.9 Å². The third kappa shape index (κ3) is 5.67. The molecular formula is C26H26N2O2. The van der Waals surface area contributed by atoms with Crippen LogP contribution in [0, 0.1) is 6.92 Å². The van der Waals surface area contributed by atoms with Gasteiger partial charge in [-0.05, 0) is 42.3 Å². The van der Waals surface area contributed by atoms with Crippen molar-refractivity contribution in [1.82, 2.24) is 5.32 Å². The molecule has 30 heavy (non-hydrogen) atoms. The minimum Gasteiger partial charge on any atom is -0.352 e. The van der Waals surface area contributed by atoms with Crippen molar-refractivity contribution in [1.29, 1.82) is 0 Å². The molecule has 0 aliphatic rings. The van der Waals surface area contributed by atoms with E-state index in [9.17, 15) is 9.59 Å². The molecule has 3 aromatic carbocycles. The molecule has 1 N–H and O–H groups in total. The molecule has 0 atom stereocenters. The zero-order valence-corrected chi connectivity index (χ0v) is 17.2. The Kier molecular flexibility index (Phi) is 7.17. The first kappa shape index (κ1) is 21.1. The van der Waals surface area contributed by atoms with E-state index in [4.69, 9.17) is 0 Å². The second-order valence-corrected chi connectivity index (χ2v) is 7.18. The maximum absolute atomic E-state index is 13.3. The first-order chi connectivity index (χ1) is 14.6. The number of benzene rings is 3. The highest BCUT2D eigenvalue weighted by Crippen LogP contribution is 2.22. The van der Waals surface area contributed by atoms with Gasteiger partial charge >= 0.3 is 0 Å². The van der Waals surface area contributed by atoms with Gasteiger partial charge in [-0.3, -0.25) is 9.59 Å². The third-order valence-electron chi connectivity index (χ3n) is 4.75. The Bertz CT molecular complexity index is 1010. The van der Waals surface area contributed by atoms with E-state index in [1.54, 1.807) is 11.0 Å². The summed E-state index contributed by atoms with van der Waals surface area (Å²) in [4.78, 5) is 27.0. The Morgan fingerprint density at radius 3 is 2.33 bits per heavy atom. The van der Waals surface area contributed by atoms with Gasteiger partial charge in [0.15, 0.2) is 0 Å². The van der Waals surface area contributed by atoms with E-state index < -0.39 is 0 Å². The van der Waals surface area contributed by atoms with E-state index in [-0.39, 0.29) is 11.8 Å². The predicted octanol–water partition coefficient (Wildman–Crippen LogP) is 4.69. The molecule has 0 unspecified atom stereocenters. The second-order valence-electron chi connectivity index (χ2n) is 7.18. The van der Waals surface area contributed by atoms with Gasteiger partial charge in [0.2, 0.25) is 5.91 Å². The molecule has 0 bridgehead atoms. The summed E-state index contributed by atoms with van der Waals surface area (Å²) in [6.07, 6.45) is 1.94. The average Bonchev–Trinajstić information content (AvgIpc) is 2.77. The smallest absolute Gasteiger partial charge is 0.258 e. The van der Waals surface area contributed by atoms with E-state index in [1.165, 1.54) is 0 Å². The van der Waals surface area contributed by atoms with Crippen molar-refractivity contribution in [3.8, 4) is 0 Å². The normalized spacial score (nSPS) is 10.3. The van der Waals surface area contributed by atoms with E-state index >= 15 is 0 Å². The van der Waals surface area contributed by atoms with Gasteiger partial charge in [-0.15, -0.1) is 6.58 Å². The van der Waals surface area contributed by atoms with Crippen LogP contribution in [0.5, 0.6) is 0 Å². The highest BCUT2D eigenvalue weighted by molar-refractivity contribution is 6.06. The van der Waals surface area contributed by atoms with Crippen LogP contribution in [0.15, 0.2) is 91.5 Å². The average molecular weight is 399 g/mol. The molecule has 0 heterocycles. The zero-order chi connectivity index (χ0) is 21.3. The Hall–Kier alpha value is -3.66. The molecule has 0 aromatic heterocycles. The molecule has 3 rings (SSSR count). The fourth-order valence-electron chi connectivity index (χ4n) is 3.24. The lowest BCUT2D eigenvalue weighted by molar-refractivity contribution is -0.120. The molecule has 152 valence electrons. The molecule has 0 saturated heterocycles. The predicted molar refractivity (Wildman–Crippen MR) is 121 cm³/mol. The fraction of sp³-hybridized carbons (Fsp3) is 0.154. The van der Waals surface area contributed by atoms with Gasteiger partial charge in [0, 0.05) is 17.8 Å². The summed E-state index contributed by atoms with van der Waals surface area (Å²) in [5.74, 6) is -0.117. The number of aryl methyl sites for hydroxylation is 1. The van der Waals surface area contributed by atoms with Gasteiger partial charge in [0.25, 0.3) is 5.91 Å². The first-order valence-electron chi connectivity index (χ1n) is 9.96. The summed E-state index contributed by atoms with van der Waals surface area (Å²) in [6, 6.07) is 25.0. The molecule has 0 saturated carbocycles. The lowest BCUT2D eigenvalue weighted by Crippen LogP contribution is -2.30. The number of rotatable bonds is 8. The van der Waals surface area contributed by atoms with Crippen LogP contribution < -0.4 is 10.2 Å². The fourth-order valence-corrected chi connectivity index (χ4v) is 3.24. The molecule has 0 spiro atoms. The Morgan fingerprint density at radius 1 is 0.933 bits per heavy atom. The van der Waals surface area contributed by atoms with Crippen LogP contribution in [0.4, 0.5) is 5.69 Å². The summed E-state index contributed by atoms with van der Waals surface area (Å²) in [6.45, 7) is 6.56. The van der Waals surface area contributed by atoms with Crippen molar-refractivity contribution in [3.63, 3.8) is 0 Å². The van der Waals surface area contributed by atoms with Crippen LogP contribution in [0.1, 0.15) is 27.0 Å². The van der Waals surface area contributed by atoms with Gasteiger partial charge in [-0.2, -0.15) is 0 Å². The molecular weight excluding hydrogens is 372 g/mol. The zero-order valence-electron chi connectivity index (χ0n) is 17.2. The lowest BCUT2D eigenvalue weighted by atomic mass is 10.1. The van der Waals surface area contributed by atoms with Gasteiger partial charge in [-0.1, -0.05) is 66.2 Å². The molecule has 0 aliphatic carbocycles. The van der Waals surface area contributed by atoms with Crippen LogP contribution in [-0.2, 0) is 17.8 Å². The number of nitrogens with one attached hydrogen (secondary N) is 1. The Labute approximate surface area is 177 Å². The van der Waals surface area contributed by atoms with Crippen molar-refractivity contribution < 1.29 is 9.59 Å². The largest absolute Gasteiger partial charge is 0.352 e. The van der Waals surface area contributed by atoms with Crippen molar-refractivity contribution in [3.05, 3.63) is 114 Å². The summed E-state index contributed by atoms with van der Waals surface area (Å²) in [5.41, 5.74) is 4.54. The second kappa shape index (κ2) is 10.2. The summed E-state index contributed by atoms with van der Waals surface area (Å²) < 4.78 is 0. The van der Waals surface area contributed by atoms with E-state index in [0.29, 0.717) is 25.1 Å². The molecule has 4 heteroatoms. The van der Waals surface area contributed by atoms with Gasteiger partial charge in [0.05, 0.1) is 13.0 Å². The maximum Gasteiger partial charge on any atom is 0.258 e. The monoisotopic (exact) mass is 398 g/mol. The topological polar surface area (TPSA) is 49.4 Å². The number of hydrogen-bond acceptors (Lipinski definition) is 2. The van der Waals surface area contributed by atoms with Gasteiger partial charge < -0.3 is 10.2 Å². The standard InChI is InChI=1S/C26H26N2O2/c1-3-16-27-25(29)18-21-12-14-24(15-13-21)28(19-22-9-7-8-20(2)17-22)26(30)23-10-5-4-6-11-23/h3-15,17H,1,16,18-19H2,2H3,(H,27,29). The third-order valence-corrected chi connectivity index (χ3v) is 4.75. The van der Waals surface area contributed by atoms with Crippen molar-refractivity contribution in [2.24, 2.45) is 0 Å². The molecule has 0 aliphatic heterocycles. The van der Waals surface area contributed by atoms with Crippen LogP contribution >= 0.6 is 0 Å². The van der Waals surface area contributed by atoms with Gasteiger partial charge in [0.1, 0.15) is 0 Å². The molecule has 0 radical (unpaired) electrons. The lowest BCUT2D eigenvalue weighted by Gasteiger charge is -2.24. The van der Waals surface area contributed by atoms with Crippen LogP contribution in [0.2, 0.25) is 0 Å². The highest BCUT2D eigenvalue weighted by Gasteiger charge is 2.18. The number of amides is 2. The SMILES string of the molecule is C=CCNC(=O)Cc1ccc(N(Cc2cccc(C)c2)C(=O)c2ccccc2)cc1. The Balaban J connectivity index is 1.85. The van der Waals surface area contributed by atoms with E-state index in [1.807, 2.05) is 79.7 Å². The molecule has 2 amide bonds. The number of hydrogen-bond donors (Lipinski definition) is 1. The van der Waals surface area contributed by atoms with Crippen LogP contribution in [-0.4, -0.2) is 18.4 Å². The number of carbonyl (C=O) groups excluding carboxylic acids is 2. The molecule has 4 nitrogen and oxygen atoms in total. The van der Waals surface area contributed by atoms with Crippen LogP contribution in [0.25, 0.3) is 0 Å². The van der Waals surface area contributed by atoms with E-state index in [0.717, 1.165) is 22.4 Å². The quantitative estimate of drug-likeness (QED) is 0.560. The molecule has 0 fully saturated rings. The highest BCUT2D eigenvalue weighted by atomic mass is 16.2. The van der Waals surface area contributed by atoms with Crippen LogP contribution in [0.3, 0.4) is 0 Å². The number of anilines is 1. The Morgan fingerprint density at radius 2 is 1.67 bits per heavy atom. The summed E-state index contributed by atoms with van der Waals surface area (Å²) in [5, 5.41) is 2.77. The van der Waals surface area contributed by atoms with Crippen molar-refractivity contribution in [2.75, 3.05) is 11.4 Å². The minimum atomic E-state index is -0.0615. The summed E-state index contributed by atoms with van der Waals surface area (Å²) in [7, 11) is 0. The van der Waals surface area contributed by atoms with Gasteiger partial charge in [-0.25, -0.2) is 0 Å². The number of nitrogens with zero attached hydrogens (tertiary/aromatic N) is 1. The number of carbonyl (C=O) groups is 2. The van der Waals surface area contributed by atoms with E-state index in [2.05, 4.69) is 18.0 Å².